The first-order valence-corrected chi connectivity index (χ1v) is 16.5. The van der Waals surface area contributed by atoms with Gasteiger partial charge in [-0.25, -0.2) is 9.97 Å². The molecule has 0 aliphatic carbocycles. The summed E-state index contributed by atoms with van der Waals surface area (Å²) in [6, 6.07) is 51.7. The van der Waals surface area contributed by atoms with E-state index < -0.39 is 0 Å². The number of rotatable bonds is 4. The van der Waals surface area contributed by atoms with E-state index in [-0.39, 0.29) is 0 Å². The van der Waals surface area contributed by atoms with Gasteiger partial charge in [0.25, 0.3) is 0 Å². The fourth-order valence-corrected chi connectivity index (χ4v) is 7.29. The van der Waals surface area contributed by atoms with Crippen LogP contribution in [0.25, 0.3) is 101 Å². The third-order valence-electron chi connectivity index (χ3n) is 9.57. The first-order chi connectivity index (χ1) is 24.8. The maximum absolute atomic E-state index is 6.33. The second-order valence-electron chi connectivity index (χ2n) is 12.5. The molecule has 7 nitrogen and oxygen atoms in total. The van der Waals surface area contributed by atoms with Gasteiger partial charge < -0.3 is 8.83 Å². The van der Waals surface area contributed by atoms with Gasteiger partial charge in [-0.15, -0.1) is 0 Å². The van der Waals surface area contributed by atoms with Gasteiger partial charge >= 0.3 is 0 Å². The molecule has 0 aliphatic heterocycles. The molecule has 7 heteroatoms. The SMILES string of the molecule is c1ccc(-c2nc(-c3cccc(-c4ccc5c(c4)n(-c4ccccc4)c4nc6oc7ccccc7c6n54)c3)nc3c2oc2ccccc23)cc1. The Bertz CT molecular complexity index is 3100. The van der Waals surface area contributed by atoms with Gasteiger partial charge in [-0.2, -0.15) is 4.98 Å². The smallest absolute Gasteiger partial charge is 0.248 e. The Balaban J connectivity index is 1.12. The predicted octanol–water partition coefficient (Wildman–Crippen LogP) is 10.9. The van der Waals surface area contributed by atoms with Gasteiger partial charge in [0.15, 0.2) is 11.4 Å². The Morgan fingerprint density at radius 1 is 0.480 bits per heavy atom. The largest absolute Gasteiger partial charge is 0.452 e. The average Bonchev–Trinajstić information content (AvgIpc) is 3.92. The lowest BCUT2D eigenvalue weighted by Crippen LogP contribution is -1.95. The first kappa shape index (κ1) is 27.0. The Hall–Kier alpha value is -6.99. The van der Waals surface area contributed by atoms with Crippen molar-refractivity contribution in [3.8, 4) is 39.5 Å². The summed E-state index contributed by atoms with van der Waals surface area (Å²) in [7, 11) is 0. The van der Waals surface area contributed by atoms with Gasteiger partial charge in [0.2, 0.25) is 11.5 Å². The van der Waals surface area contributed by atoms with Crippen LogP contribution in [0, 0.1) is 0 Å². The van der Waals surface area contributed by atoms with Crippen LogP contribution in [0.5, 0.6) is 0 Å². The van der Waals surface area contributed by atoms with E-state index in [2.05, 4.69) is 100.0 Å². The highest BCUT2D eigenvalue weighted by Gasteiger charge is 2.23. The number of benzene rings is 6. The number of furan rings is 2. The highest BCUT2D eigenvalue weighted by atomic mass is 16.3. The zero-order valence-corrected chi connectivity index (χ0v) is 26.5. The Kier molecular flexibility index (Phi) is 5.54. The number of nitrogens with zero attached hydrogens (tertiary/aromatic N) is 5. The van der Waals surface area contributed by atoms with Gasteiger partial charge in [0, 0.05) is 27.6 Å². The molecule has 11 aromatic rings. The van der Waals surface area contributed by atoms with E-state index in [9.17, 15) is 0 Å². The van der Waals surface area contributed by atoms with Crippen molar-refractivity contribution in [3.63, 3.8) is 0 Å². The van der Waals surface area contributed by atoms with Crippen LogP contribution in [-0.4, -0.2) is 23.9 Å². The van der Waals surface area contributed by atoms with E-state index in [0.29, 0.717) is 17.1 Å². The molecule has 0 amide bonds. The molecule has 50 heavy (non-hydrogen) atoms. The van der Waals surface area contributed by atoms with E-state index in [1.54, 1.807) is 0 Å². The summed E-state index contributed by atoms with van der Waals surface area (Å²) < 4.78 is 17.0. The first-order valence-electron chi connectivity index (χ1n) is 16.5. The lowest BCUT2D eigenvalue weighted by atomic mass is 10.0. The third-order valence-corrected chi connectivity index (χ3v) is 9.57. The molecule has 234 valence electrons. The van der Waals surface area contributed by atoms with Crippen LogP contribution in [0.4, 0.5) is 0 Å². The van der Waals surface area contributed by atoms with E-state index >= 15 is 0 Å². The fraction of sp³-hybridized carbons (Fsp3) is 0. The van der Waals surface area contributed by atoms with Gasteiger partial charge in [-0.05, 0) is 65.7 Å². The number of aromatic nitrogens is 5. The van der Waals surface area contributed by atoms with Crippen molar-refractivity contribution in [2.45, 2.75) is 0 Å². The molecule has 6 aromatic carbocycles. The van der Waals surface area contributed by atoms with Gasteiger partial charge in [0.1, 0.15) is 27.9 Å². The highest BCUT2D eigenvalue weighted by molar-refractivity contribution is 6.08. The van der Waals surface area contributed by atoms with Crippen molar-refractivity contribution in [2.75, 3.05) is 0 Å². The van der Waals surface area contributed by atoms with Gasteiger partial charge in [-0.1, -0.05) is 97.1 Å². The average molecular weight is 644 g/mol. The molecule has 0 atom stereocenters. The summed E-state index contributed by atoms with van der Waals surface area (Å²) in [4.78, 5) is 15.2. The minimum Gasteiger partial charge on any atom is -0.452 e. The Morgan fingerprint density at radius 2 is 1.16 bits per heavy atom. The number of para-hydroxylation sites is 3. The molecule has 0 N–H and O–H groups in total. The second-order valence-corrected chi connectivity index (χ2v) is 12.5. The summed E-state index contributed by atoms with van der Waals surface area (Å²) in [5.41, 5.74) is 12.6. The van der Waals surface area contributed by atoms with E-state index in [1.807, 2.05) is 60.7 Å². The zero-order valence-electron chi connectivity index (χ0n) is 26.5. The molecule has 0 spiro atoms. The summed E-state index contributed by atoms with van der Waals surface area (Å²) in [6.45, 7) is 0. The van der Waals surface area contributed by atoms with Crippen LogP contribution >= 0.6 is 0 Å². The minimum absolute atomic E-state index is 0.627. The quantitative estimate of drug-likeness (QED) is 0.191. The molecule has 0 bridgehead atoms. The molecular weight excluding hydrogens is 619 g/mol. The Labute approximate surface area is 284 Å². The zero-order chi connectivity index (χ0) is 32.8. The predicted molar refractivity (Wildman–Crippen MR) is 198 cm³/mol. The van der Waals surface area contributed by atoms with Crippen LogP contribution in [0.1, 0.15) is 0 Å². The van der Waals surface area contributed by atoms with Crippen molar-refractivity contribution in [3.05, 3.63) is 152 Å². The standard InChI is InChI=1S/C43H25N5O2/c1-3-12-26(13-4-1)37-40-38(31-18-7-9-20-35(31)49-40)45-41(44-37)29-15-11-14-27(24-29)28-22-23-33-34(25-28)47(30-16-5-2-6-17-30)43-46-42-39(48(33)43)32-19-8-10-21-36(32)50-42/h1-25H. The summed E-state index contributed by atoms with van der Waals surface area (Å²) >= 11 is 0. The van der Waals surface area contributed by atoms with Crippen LogP contribution < -0.4 is 0 Å². The van der Waals surface area contributed by atoms with Crippen LogP contribution in [0.2, 0.25) is 0 Å². The topological polar surface area (TPSA) is 74.3 Å². The number of imidazole rings is 2. The summed E-state index contributed by atoms with van der Waals surface area (Å²) in [6.07, 6.45) is 0. The molecule has 11 rings (SSSR count). The van der Waals surface area contributed by atoms with E-state index in [4.69, 9.17) is 23.8 Å². The summed E-state index contributed by atoms with van der Waals surface area (Å²) in [5.74, 6) is 1.45. The molecule has 5 aromatic heterocycles. The molecule has 0 radical (unpaired) electrons. The maximum Gasteiger partial charge on any atom is 0.248 e. The normalized spacial score (nSPS) is 12.0. The highest BCUT2D eigenvalue weighted by Crippen LogP contribution is 2.38. The van der Waals surface area contributed by atoms with Crippen LogP contribution in [0.3, 0.4) is 0 Å². The molecule has 5 heterocycles. The molecular formula is C43H25N5O2. The van der Waals surface area contributed by atoms with Crippen molar-refractivity contribution in [1.29, 1.82) is 0 Å². The van der Waals surface area contributed by atoms with Crippen LogP contribution in [0.15, 0.2) is 160 Å². The van der Waals surface area contributed by atoms with Crippen molar-refractivity contribution in [1.82, 2.24) is 23.9 Å². The lowest BCUT2D eigenvalue weighted by molar-refractivity contribution is 0.656. The monoisotopic (exact) mass is 643 g/mol. The molecule has 0 fully saturated rings. The molecule has 0 aliphatic rings. The van der Waals surface area contributed by atoms with E-state index in [0.717, 1.165) is 83.4 Å². The second kappa shape index (κ2) is 10.3. The summed E-state index contributed by atoms with van der Waals surface area (Å²) in [5, 5.41) is 2.01. The van der Waals surface area contributed by atoms with Crippen molar-refractivity contribution in [2.24, 2.45) is 0 Å². The number of fused-ring (bicyclic) bond motifs is 10. The minimum atomic E-state index is 0.627. The maximum atomic E-state index is 6.33. The lowest BCUT2D eigenvalue weighted by Gasteiger charge is -2.09. The third kappa shape index (κ3) is 3.88. The Morgan fingerprint density at radius 3 is 2.00 bits per heavy atom. The van der Waals surface area contributed by atoms with E-state index in [1.165, 1.54) is 0 Å². The molecule has 0 saturated carbocycles. The van der Waals surface area contributed by atoms with Gasteiger partial charge in [0.05, 0.1) is 11.0 Å². The molecule has 0 unspecified atom stereocenters. The molecule has 0 saturated heterocycles. The van der Waals surface area contributed by atoms with Gasteiger partial charge in [-0.3, -0.25) is 8.97 Å². The number of hydrogen-bond donors (Lipinski definition) is 0. The fourth-order valence-electron chi connectivity index (χ4n) is 7.29. The van der Waals surface area contributed by atoms with Crippen molar-refractivity contribution < 1.29 is 8.83 Å². The van der Waals surface area contributed by atoms with Crippen molar-refractivity contribution >= 4 is 61.1 Å². The number of hydrogen-bond acceptors (Lipinski definition) is 5. The van der Waals surface area contributed by atoms with Crippen LogP contribution in [-0.2, 0) is 0 Å².